The van der Waals surface area contributed by atoms with Crippen LogP contribution in [0.4, 0.5) is 0 Å². The average molecular weight is 260 g/mol. The maximum Gasteiger partial charge on any atom is 0.0431 e. The minimum absolute atomic E-state index is 0.270. The molecular weight excluding hydrogens is 242 g/mol. The fourth-order valence-electron chi connectivity index (χ4n) is 1.82. The van der Waals surface area contributed by atoms with Gasteiger partial charge in [0.2, 0.25) is 0 Å². The van der Waals surface area contributed by atoms with E-state index in [0.29, 0.717) is 18.4 Å². The first-order valence-electron chi connectivity index (χ1n) is 5.12. The first-order chi connectivity index (χ1) is 6.77. The van der Waals surface area contributed by atoms with Crippen LogP contribution in [0.2, 0.25) is 0 Å². The van der Waals surface area contributed by atoms with Crippen LogP contribution in [0.5, 0.6) is 0 Å². The quantitative estimate of drug-likeness (QED) is 0.796. The normalized spacial score (nSPS) is 23.4. The van der Waals surface area contributed by atoms with Gasteiger partial charge in [0, 0.05) is 11.1 Å². The molecule has 14 heavy (non-hydrogen) atoms. The lowest BCUT2D eigenvalue weighted by atomic mass is 9.84. The Labute approximate surface area is 94.0 Å². The van der Waals surface area contributed by atoms with E-state index in [9.17, 15) is 0 Å². The van der Waals surface area contributed by atoms with Gasteiger partial charge in [-0.1, -0.05) is 34.2 Å². The molecule has 1 rings (SSSR count). The molecule has 0 amide bonds. The molecule has 80 valence electrons. The van der Waals surface area contributed by atoms with Gasteiger partial charge in [-0.05, 0) is 37.6 Å². The Morgan fingerprint density at radius 3 is 2.93 bits per heavy atom. The van der Waals surface area contributed by atoms with Crippen molar-refractivity contribution in [2.24, 2.45) is 17.6 Å². The summed E-state index contributed by atoms with van der Waals surface area (Å²) in [5.74, 6) is 1.06. The number of hydrogen-bond donors (Lipinski definition) is 2. The van der Waals surface area contributed by atoms with Crippen LogP contribution >= 0.6 is 15.9 Å². The van der Waals surface area contributed by atoms with Gasteiger partial charge in [0.05, 0.1) is 0 Å². The lowest BCUT2D eigenvalue weighted by molar-refractivity contribution is 0.259. The molecule has 3 N–H and O–H groups in total. The zero-order valence-electron chi connectivity index (χ0n) is 8.32. The van der Waals surface area contributed by atoms with E-state index in [1.165, 1.54) is 0 Å². The van der Waals surface area contributed by atoms with Crippen molar-refractivity contribution in [2.45, 2.75) is 19.3 Å². The fourth-order valence-corrected chi connectivity index (χ4v) is 2.16. The van der Waals surface area contributed by atoms with E-state index in [2.05, 4.69) is 34.2 Å². The van der Waals surface area contributed by atoms with Gasteiger partial charge in [0.25, 0.3) is 0 Å². The Hall–Kier alpha value is -0.120. The van der Waals surface area contributed by atoms with Gasteiger partial charge in [-0.25, -0.2) is 0 Å². The molecule has 0 aliphatic heterocycles. The van der Waals surface area contributed by atoms with Crippen LogP contribution in [0.15, 0.2) is 22.7 Å². The van der Waals surface area contributed by atoms with Crippen molar-refractivity contribution in [1.82, 2.24) is 0 Å². The van der Waals surface area contributed by atoms with Crippen LogP contribution in [-0.2, 0) is 0 Å². The molecule has 0 radical (unpaired) electrons. The third kappa shape index (κ3) is 3.56. The second kappa shape index (κ2) is 6.38. The molecule has 1 aliphatic carbocycles. The van der Waals surface area contributed by atoms with E-state index >= 15 is 0 Å². The third-order valence-electron chi connectivity index (χ3n) is 2.73. The SMILES string of the molecule is NC[C@@H](CCCO)C1C=CC(Br)=CC1. The molecule has 1 aliphatic rings. The predicted molar refractivity (Wildman–Crippen MR) is 63.1 cm³/mol. The van der Waals surface area contributed by atoms with E-state index in [1.54, 1.807) is 0 Å². The fraction of sp³-hybridized carbons (Fsp3) is 0.636. The molecule has 0 saturated carbocycles. The van der Waals surface area contributed by atoms with Crippen molar-refractivity contribution in [3.05, 3.63) is 22.7 Å². The van der Waals surface area contributed by atoms with Gasteiger partial charge in [0.1, 0.15) is 0 Å². The van der Waals surface area contributed by atoms with E-state index in [-0.39, 0.29) is 6.61 Å². The number of nitrogens with two attached hydrogens (primary N) is 1. The van der Waals surface area contributed by atoms with Crippen LogP contribution in [0.1, 0.15) is 19.3 Å². The number of allylic oxidation sites excluding steroid dienone is 4. The summed E-state index contributed by atoms with van der Waals surface area (Å²) in [6, 6.07) is 0. The lowest BCUT2D eigenvalue weighted by Crippen LogP contribution is -2.23. The second-order valence-corrected chi connectivity index (χ2v) is 4.62. The van der Waals surface area contributed by atoms with Gasteiger partial charge in [-0.15, -0.1) is 0 Å². The monoisotopic (exact) mass is 259 g/mol. The van der Waals surface area contributed by atoms with Gasteiger partial charge in [0.15, 0.2) is 0 Å². The summed E-state index contributed by atoms with van der Waals surface area (Å²) in [6.07, 6.45) is 9.44. The third-order valence-corrected chi connectivity index (χ3v) is 3.32. The van der Waals surface area contributed by atoms with E-state index in [1.807, 2.05) is 0 Å². The number of rotatable bonds is 5. The van der Waals surface area contributed by atoms with Gasteiger partial charge >= 0.3 is 0 Å². The topological polar surface area (TPSA) is 46.2 Å². The van der Waals surface area contributed by atoms with Gasteiger partial charge < -0.3 is 10.8 Å². The molecule has 0 aromatic rings. The highest BCUT2D eigenvalue weighted by molar-refractivity contribution is 9.11. The minimum atomic E-state index is 0.270. The van der Waals surface area contributed by atoms with Crippen LogP contribution in [0.25, 0.3) is 0 Å². The number of aliphatic hydroxyl groups excluding tert-OH is 1. The largest absolute Gasteiger partial charge is 0.396 e. The first kappa shape index (κ1) is 12.0. The molecular formula is C11H18BrNO. The summed E-state index contributed by atoms with van der Waals surface area (Å²) in [7, 11) is 0. The van der Waals surface area contributed by atoms with Crippen molar-refractivity contribution >= 4 is 15.9 Å². The zero-order chi connectivity index (χ0) is 10.4. The molecule has 1 unspecified atom stereocenters. The van der Waals surface area contributed by atoms with E-state index < -0.39 is 0 Å². The van der Waals surface area contributed by atoms with Gasteiger partial charge in [-0.3, -0.25) is 0 Å². The molecule has 0 bridgehead atoms. The number of hydrogen-bond acceptors (Lipinski definition) is 2. The van der Waals surface area contributed by atoms with Crippen LogP contribution in [0, 0.1) is 11.8 Å². The average Bonchev–Trinajstić information content (AvgIpc) is 2.21. The first-order valence-corrected chi connectivity index (χ1v) is 5.92. The molecule has 0 aromatic heterocycles. The van der Waals surface area contributed by atoms with Crippen molar-refractivity contribution in [1.29, 1.82) is 0 Å². The molecule has 2 nitrogen and oxygen atoms in total. The second-order valence-electron chi connectivity index (χ2n) is 3.71. The highest BCUT2D eigenvalue weighted by atomic mass is 79.9. The molecule has 0 aromatic carbocycles. The summed E-state index contributed by atoms with van der Waals surface area (Å²) >= 11 is 3.44. The predicted octanol–water partition coefficient (Wildman–Crippen LogP) is 2.19. The minimum Gasteiger partial charge on any atom is -0.396 e. The van der Waals surface area contributed by atoms with Crippen molar-refractivity contribution in [3.63, 3.8) is 0 Å². The molecule has 3 heteroatoms. The van der Waals surface area contributed by atoms with Crippen molar-refractivity contribution < 1.29 is 5.11 Å². The van der Waals surface area contributed by atoms with Gasteiger partial charge in [-0.2, -0.15) is 0 Å². The van der Waals surface area contributed by atoms with E-state index in [0.717, 1.165) is 23.7 Å². The molecule has 0 saturated heterocycles. The number of halogens is 1. The van der Waals surface area contributed by atoms with Crippen LogP contribution in [-0.4, -0.2) is 18.3 Å². The molecule has 0 heterocycles. The standard InChI is InChI=1S/C11H18BrNO/c12-11-5-3-9(4-6-11)10(8-13)2-1-7-14/h3,5-6,9-10,14H,1-2,4,7-8,13H2/t9?,10-/m1/s1. The highest BCUT2D eigenvalue weighted by Gasteiger charge is 2.18. The molecule has 0 fully saturated rings. The Kier molecular flexibility index (Phi) is 5.45. The summed E-state index contributed by atoms with van der Waals surface area (Å²) < 4.78 is 1.16. The highest BCUT2D eigenvalue weighted by Crippen LogP contribution is 2.28. The summed E-state index contributed by atoms with van der Waals surface area (Å²) in [4.78, 5) is 0. The molecule has 0 spiro atoms. The number of aliphatic hydroxyl groups is 1. The molecule has 2 atom stereocenters. The smallest absolute Gasteiger partial charge is 0.0431 e. The maximum atomic E-state index is 8.77. The lowest BCUT2D eigenvalue weighted by Gasteiger charge is -2.24. The summed E-state index contributed by atoms with van der Waals surface area (Å²) in [6.45, 7) is 0.979. The Morgan fingerprint density at radius 2 is 2.43 bits per heavy atom. The zero-order valence-corrected chi connectivity index (χ0v) is 9.91. The Balaban J connectivity index is 2.42. The maximum absolute atomic E-state index is 8.77. The summed E-state index contributed by atoms with van der Waals surface area (Å²) in [5, 5.41) is 8.77. The van der Waals surface area contributed by atoms with Crippen molar-refractivity contribution in [2.75, 3.05) is 13.2 Å². The van der Waals surface area contributed by atoms with E-state index in [4.69, 9.17) is 10.8 Å². The Bertz CT molecular complexity index is 225. The van der Waals surface area contributed by atoms with Crippen LogP contribution in [0.3, 0.4) is 0 Å². The Morgan fingerprint density at radius 1 is 1.64 bits per heavy atom. The summed E-state index contributed by atoms with van der Waals surface area (Å²) in [5.41, 5.74) is 5.73. The van der Waals surface area contributed by atoms with Crippen molar-refractivity contribution in [3.8, 4) is 0 Å². The van der Waals surface area contributed by atoms with Crippen LogP contribution < -0.4 is 5.73 Å².